The van der Waals surface area contributed by atoms with Crippen molar-refractivity contribution >= 4 is 23.6 Å². The predicted octanol–water partition coefficient (Wildman–Crippen LogP) is 4.58. The van der Waals surface area contributed by atoms with E-state index in [-0.39, 0.29) is 11.8 Å². The molecule has 3 aromatic carbocycles. The van der Waals surface area contributed by atoms with Crippen molar-refractivity contribution in [3.63, 3.8) is 0 Å². The van der Waals surface area contributed by atoms with Gasteiger partial charge in [-0.2, -0.15) is 0 Å². The first-order chi connectivity index (χ1) is 13.6. The predicted molar refractivity (Wildman–Crippen MR) is 113 cm³/mol. The molecule has 4 nitrogen and oxygen atoms in total. The van der Waals surface area contributed by atoms with Crippen LogP contribution in [0.2, 0.25) is 0 Å². The number of hydrogen-bond acceptors (Lipinski definition) is 2. The second-order valence-electron chi connectivity index (χ2n) is 6.48. The third-order valence-electron chi connectivity index (χ3n) is 4.19. The summed E-state index contributed by atoms with van der Waals surface area (Å²) in [6.07, 6.45) is 3.23. The van der Waals surface area contributed by atoms with Gasteiger partial charge in [-0.1, -0.05) is 66.2 Å². The van der Waals surface area contributed by atoms with Crippen LogP contribution in [-0.2, 0) is 11.3 Å². The third-order valence-corrected chi connectivity index (χ3v) is 4.19. The van der Waals surface area contributed by atoms with Crippen molar-refractivity contribution in [1.82, 2.24) is 5.32 Å². The van der Waals surface area contributed by atoms with Crippen molar-refractivity contribution in [2.45, 2.75) is 13.5 Å². The zero-order chi connectivity index (χ0) is 19.8. The number of hydrogen-bond donors (Lipinski definition) is 2. The smallest absolute Gasteiger partial charge is 0.251 e. The number of amides is 2. The lowest BCUT2D eigenvalue weighted by Gasteiger charge is -2.07. The minimum absolute atomic E-state index is 0.185. The summed E-state index contributed by atoms with van der Waals surface area (Å²) in [5, 5.41) is 5.67. The van der Waals surface area contributed by atoms with Crippen LogP contribution in [0.3, 0.4) is 0 Å². The van der Waals surface area contributed by atoms with Crippen molar-refractivity contribution in [3.8, 4) is 0 Å². The molecule has 140 valence electrons. The normalized spacial score (nSPS) is 10.6. The molecule has 0 saturated carbocycles. The van der Waals surface area contributed by atoms with Gasteiger partial charge < -0.3 is 10.6 Å². The molecule has 0 spiro atoms. The lowest BCUT2D eigenvalue weighted by Crippen LogP contribution is -2.22. The van der Waals surface area contributed by atoms with Gasteiger partial charge in [0.25, 0.3) is 5.91 Å². The second-order valence-corrected chi connectivity index (χ2v) is 6.48. The Morgan fingerprint density at radius 1 is 0.893 bits per heavy atom. The van der Waals surface area contributed by atoms with Crippen LogP contribution in [0.1, 0.15) is 27.0 Å². The minimum atomic E-state index is -0.248. The molecule has 0 saturated heterocycles. The molecular weight excluding hydrogens is 348 g/mol. The molecule has 2 amide bonds. The maximum Gasteiger partial charge on any atom is 0.251 e. The number of carbonyl (C=O) groups excluding carboxylic acids is 2. The molecule has 0 radical (unpaired) electrons. The molecule has 0 heterocycles. The average Bonchev–Trinajstić information content (AvgIpc) is 2.72. The summed E-state index contributed by atoms with van der Waals surface area (Å²) in [6.45, 7) is 2.47. The van der Waals surface area contributed by atoms with E-state index in [1.165, 1.54) is 11.6 Å². The van der Waals surface area contributed by atoms with Crippen molar-refractivity contribution in [1.29, 1.82) is 0 Å². The van der Waals surface area contributed by atoms with Gasteiger partial charge in [-0.3, -0.25) is 9.59 Å². The molecule has 0 fully saturated rings. The van der Waals surface area contributed by atoms with E-state index in [1.54, 1.807) is 30.3 Å². The summed E-state index contributed by atoms with van der Waals surface area (Å²) in [7, 11) is 0. The number of nitrogens with one attached hydrogen (secondary N) is 2. The van der Waals surface area contributed by atoms with Crippen molar-refractivity contribution in [2.75, 3.05) is 5.32 Å². The SMILES string of the molecule is Cc1ccc(/C=C/C(=O)Nc2cccc(C(=O)NCc3ccccc3)c2)cc1. The summed E-state index contributed by atoms with van der Waals surface area (Å²) in [4.78, 5) is 24.5. The van der Waals surface area contributed by atoms with Gasteiger partial charge in [0.05, 0.1) is 0 Å². The van der Waals surface area contributed by atoms with E-state index < -0.39 is 0 Å². The number of anilines is 1. The van der Waals surface area contributed by atoms with E-state index >= 15 is 0 Å². The molecule has 3 aromatic rings. The Balaban J connectivity index is 1.58. The van der Waals surface area contributed by atoms with Gasteiger partial charge >= 0.3 is 0 Å². The highest BCUT2D eigenvalue weighted by Crippen LogP contribution is 2.12. The number of benzene rings is 3. The molecule has 0 aliphatic carbocycles. The van der Waals surface area contributed by atoms with Gasteiger partial charge in [-0.05, 0) is 42.3 Å². The zero-order valence-corrected chi connectivity index (χ0v) is 15.7. The van der Waals surface area contributed by atoms with Crippen molar-refractivity contribution in [2.24, 2.45) is 0 Å². The molecule has 0 aliphatic heterocycles. The largest absolute Gasteiger partial charge is 0.348 e. The fourth-order valence-electron chi connectivity index (χ4n) is 2.65. The lowest BCUT2D eigenvalue weighted by molar-refractivity contribution is -0.111. The highest BCUT2D eigenvalue weighted by atomic mass is 16.2. The summed E-state index contributed by atoms with van der Waals surface area (Å²) in [5.74, 6) is -0.433. The van der Waals surface area contributed by atoms with Crippen molar-refractivity contribution < 1.29 is 9.59 Å². The molecule has 0 bridgehead atoms. The molecule has 0 atom stereocenters. The minimum Gasteiger partial charge on any atom is -0.348 e. The molecular formula is C24H22N2O2. The Kier molecular flexibility index (Phi) is 6.37. The average molecular weight is 370 g/mol. The Hall–Kier alpha value is -3.66. The van der Waals surface area contributed by atoms with Crippen LogP contribution in [0, 0.1) is 6.92 Å². The van der Waals surface area contributed by atoms with Crippen LogP contribution < -0.4 is 10.6 Å². The molecule has 3 rings (SSSR count). The molecule has 28 heavy (non-hydrogen) atoms. The van der Waals surface area contributed by atoms with Gasteiger partial charge in [0, 0.05) is 23.9 Å². The maximum absolute atomic E-state index is 12.4. The van der Waals surface area contributed by atoms with Crippen LogP contribution in [-0.4, -0.2) is 11.8 Å². The first-order valence-electron chi connectivity index (χ1n) is 9.08. The molecule has 4 heteroatoms. The second kappa shape index (κ2) is 9.33. The van der Waals surface area contributed by atoms with E-state index in [0.717, 1.165) is 11.1 Å². The van der Waals surface area contributed by atoms with E-state index in [9.17, 15) is 9.59 Å². The van der Waals surface area contributed by atoms with E-state index in [0.29, 0.717) is 17.8 Å². The van der Waals surface area contributed by atoms with Crippen LogP contribution in [0.5, 0.6) is 0 Å². The Labute approximate surface area is 164 Å². The molecule has 0 unspecified atom stereocenters. The number of carbonyl (C=O) groups is 2. The van der Waals surface area contributed by atoms with Crippen LogP contribution in [0.15, 0.2) is 84.9 Å². The standard InChI is InChI=1S/C24H22N2O2/c1-18-10-12-19(13-11-18)14-15-23(27)26-22-9-5-8-21(16-22)24(28)25-17-20-6-3-2-4-7-20/h2-16H,17H2,1H3,(H,25,28)(H,26,27)/b15-14+. The highest BCUT2D eigenvalue weighted by molar-refractivity contribution is 6.03. The molecule has 0 aromatic heterocycles. The summed E-state index contributed by atoms with van der Waals surface area (Å²) < 4.78 is 0. The van der Waals surface area contributed by atoms with Gasteiger partial charge in [-0.25, -0.2) is 0 Å². The van der Waals surface area contributed by atoms with E-state index in [4.69, 9.17) is 0 Å². The quantitative estimate of drug-likeness (QED) is 0.624. The zero-order valence-electron chi connectivity index (χ0n) is 15.7. The van der Waals surface area contributed by atoms with Gasteiger partial charge in [-0.15, -0.1) is 0 Å². The Morgan fingerprint density at radius 3 is 2.39 bits per heavy atom. The fourth-order valence-corrected chi connectivity index (χ4v) is 2.65. The van der Waals surface area contributed by atoms with Crippen molar-refractivity contribution in [3.05, 3.63) is 107 Å². The van der Waals surface area contributed by atoms with Crippen LogP contribution in [0.25, 0.3) is 6.08 Å². The lowest BCUT2D eigenvalue weighted by atomic mass is 10.1. The first-order valence-corrected chi connectivity index (χ1v) is 9.08. The van der Waals surface area contributed by atoms with E-state index in [1.807, 2.05) is 61.5 Å². The summed E-state index contributed by atoms with van der Waals surface area (Å²) >= 11 is 0. The van der Waals surface area contributed by atoms with Crippen LogP contribution >= 0.6 is 0 Å². The monoisotopic (exact) mass is 370 g/mol. The van der Waals surface area contributed by atoms with Gasteiger partial charge in [0.15, 0.2) is 0 Å². The Bertz CT molecular complexity index is 977. The topological polar surface area (TPSA) is 58.2 Å². The first kappa shape index (κ1) is 19.1. The number of aryl methyl sites for hydroxylation is 1. The van der Waals surface area contributed by atoms with Crippen LogP contribution in [0.4, 0.5) is 5.69 Å². The molecule has 2 N–H and O–H groups in total. The fraction of sp³-hybridized carbons (Fsp3) is 0.0833. The third kappa shape index (κ3) is 5.68. The summed E-state index contributed by atoms with van der Waals surface area (Å²) in [5.41, 5.74) is 4.22. The molecule has 0 aliphatic rings. The van der Waals surface area contributed by atoms with E-state index in [2.05, 4.69) is 10.6 Å². The number of rotatable bonds is 6. The summed E-state index contributed by atoms with van der Waals surface area (Å²) in [6, 6.07) is 24.5. The Morgan fingerprint density at radius 2 is 1.64 bits per heavy atom. The highest BCUT2D eigenvalue weighted by Gasteiger charge is 2.07. The maximum atomic E-state index is 12.4. The van der Waals surface area contributed by atoms with Gasteiger partial charge in [0.2, 0.25) is 5.91 Å². The van der Waals surface area contributed by atoms with Gasteiger partial charge in [0.1, 0.15) is 0 Å².